The van der Waals surface area contributed by atoms with Crippen LogP contribution in [0.15, 0.2) is 89.8 Å². The molecule has 1 amide bonds. The van der Waals surface area contributed by atoms with Crippen LogP contribution in [0.3, 0.4) is 0 Å². The van der Waals surface area contributed by atoms with Gasteiger partial charge in [-0.3, -0.25) is 0 Å². The Hall–Kier alpha value is -2.75. The van der Waals surface area contributed by atoms with Gasteiger partial charge in [0.2, 0.25) is 0 Å². The summed E-state index contributed by atoms with van der Waals surface area (Å²) >= 11 is -0.796. The Morgan fingerprint density at radius 2 is 1.55 bits per heavy atom. The number of carbonyl (C=O) groups excluding carboxylic acids is 2. The Bertz CT molecular complexity index is 1510. The van der Waals surface area contributed by atoms with Crippen LogP contribution in [0.1, 0.15) is 38.3 Å². The van der Waals surface area contributed by atoms with Crippen LogP contribution in [0.4, 0.5) is 0 Å². The van der Waals surface area contributed by atoms with Crippen molar-refractivity contribution in [2.24, 2.45) is 0 Å². The normalized spacial score (nSPS) is 19.9. The summed E-state index contributed by atoms with van der Waals surface area (Å²) in [7, 11) is -6.72. The van der Waals surface area contributed by atoms with Crippen molar-refractivity contribution in [3.05, 3.63) is 96.1 Å². The summed E-state index contributed by atoms with van der Waals surface area (Å²) in [5.41, 5.74) is 1.67. The third-order valence-corrected chi connectivity index (χ3v) is 17.1. The van der Waals surface area contributed by atoms with Gasteiger partial charge in [-0.05, 0) is 0 Å². The molecule has 0 bridgehead atoms. The summed E-state index contributed by atoms with van der Waals surface area (Å²) in [6, 6.07) is 24.9. The Morgan fingerprint density at radius 3 is 2.12 bits per heavy atom. The van der Waals surface area contributed by atoms with E-state index in [1.807, 2.05) is 67.6 Å². The first-order valence-corrected chi connectivity index (χ1v) is 20.0. The van der Waals surface area contributed by atoms with E-state index in [1.54, 1.807) is 12.1 Å². The molecule has 0 spiro atoms. The molecule has 42 heavy (non-hydrogen) atoms. The van der Waals surface area contributed by atoms with E-state index in [4.69, 9.17) is 9.16 Å². The van der Waals surface area contributed by atoms with Crippen LogP contribution in [-0.2, 0) is 35.4 Å². The van der Waals surface area contributed by atoms with Gasteiger partial charge in [0.1, 0.15) is 0 Å². The molecule has 1 aliphatic rings. The molecule has 0 aliphatic carbocycles. The van der Waals surface area contributed by atoms with Crippen LogP contribution in [0.25, 0.3) is 0 Å². The quantitative estimate of drug-likeness (QED) is 0.176. The van der Waals surface area contributed by atoms with Crippen molar-refractivity contribution in [2.75, 3.05) is 6.54 Å². The number of aryl methyl sites for hydroxylation is 1. The maximum atomic E-state index is 14.5. The number of sulfonamides is 1. The molecule has 2 atom stereocenters. The van der Waals surface area contributed by atoms with E-state index in [9.17, 15) is 18.0 Å². The summed E-state index contributed by atoms with van der Waals surface area (Å²) in [6.45, 7) is 12.1. The second-order valence-electron chi connectivity index (χ2n) is 12.2. The van der Waals surface area contributed by atoms with E-state index in [-0.39, 0.29) is 29.5 Å². The average molecular weight is 673 g/mol. The first kappa shape index (κ1) is 32.2. The first-order chi connectivity index (χ1) is 19.7. The fourth-order valence-electron chi connectivity index (χ4n) is 4.49. The standard InChI is InChI=1S/C32H39NO6SSeSi/c1-24-17-19-27(20-18-24)40(36,37)33-22-26(39-42(5,6)31(2,3)4)21-32(29(33)34,41-28-15-11-8-12-16-28)30(35)38-23-25-13-9-7-10-14-25/h7-20,26H,21-23H2,1-6H3/t26-,32?/m0/s1. The number of ether oxygens (including phenoxy) is 1. The Morgan fingerprint density at radius 1 is 0.976 bits per heavy atom. The zero-order valence-corrected chi connectivity index (χ0v) is 28.5. The minimum absolute atomic E-state index is 0.00631. The zero-order valence-electron chi connectivity index (χ0n) is 25.0. The topological polar surface area (TPSA) is 90.0 Å². The van der Waals surface area contributed by atoms with Gasteiger partial charge >= 0.3 is 258 Å². The molecular formula is C32H39NO6SSeSi. The number of esters is 1. The van der Waals surface area contributed by atoms with Crippen molar-refractivity contribution in [1.82, 2.24) is 4.31 Å². The van der Waals surface area contributed by atoms with Crippen molar-refractivity contribution >= 4 is 49.6 Å². The van der Waals surface area contributed by atoms with Gasteiger partial charge in [0.15, 0.2) is 0 Å². The molecule has 1 unspecified atom stereocenters. The van der Waals surface area contributed by atoms with Gasteiger partial charge in [0, 0.05) is 0 Å². The first-order valence-electron chi connectivity index (χ1n) is 13.9. The molecule has 1 heterocycles. The molecule has 1 aliphatic heterocycles. The van der Waals surface area contributed by atoms with E-state index in [0.717, 1.165) is 19.9 Å². The molecule has 10 heteroatoms. The monoisotopic (exact) mass is 673 g/mol. The Labute approximate surface area is 257 Å². The number of hydrogen-bond donors (Lipinski definition) is 0. The molecule has 0 N–H and O–H groups in total. The molecule has 4 rings (SSSR count). The maximum absolute atomic E-state index is 14.5. The fraction of sp³-hybridized carbons (Fsp3) is 0.375. The molecule has 1 saturated heterocycles. The average Bonchev–Trinajstić information content (AvgIpc) is 2.94. The number of nitrogens with zero attached hydrogens (tertiary/aromatic N) is 1. The number of hydrogen-bond acceptors (Lipinski definition) is 6. The van der Waals surface area contributed by atoms with Gasteiger partial charge in [-0.1, -0.05) is 0 Å². The predicted octanol–water partition coefficient (Wildman–Crippen LogP) is 5.24. The fourth-order valence-corrected chi connectivity index (χ4v) is 10.2. The molecule has 0 saturated carbocycles. The molecule has 3 aromatic rings. The van der Waals surface area contributed by atoms with E-state index in [1.165, 1.54) is 12.1 Å². The van der Waals surface area contributed by atoms with E-state index < -0.39 is 55.6 Å². The third kappa shape index (κ3) is 6.89. The van der Waals surface area contributed by atoms with Crippen LogP contribution in [0.2, 0.25) is 22.4 Å². The van der Waals surface area contributed by atoms with Crippen LogP contribution < -0.4 is 4.46 Å². The van der Waals surface area contributed by atoms with Crippen molar-refractivity contribution < 1.29 is 27.2 Å². The predicted molar refractivity (Wildman–Crippen MR) is 168 cm³/mol. The number of rotatable bonds is 9. The molecular weight excluding hydrogens is 633 g/mol. The number of amides is 1. The van der Waals surface area contributed by atoms with Gasteiger partial charge in [-0.2, -0.15) is 0 Å². The minimum atomic E-state index is -4.29. The van der Waals surface area contributed by atoms with Crippen LogP contribution in [0, 0.1) is 6.92 Å². The van der Waals surface area contributed by atoms with E-state index in [0.29, 0.717) is 0 Å². The molecule has 224 valence electrons. The molecule has 0 aromatic heterocycles. The zero-order chi connectivity index (χ0) is 30.8. The molecule has 3 aromatic carbocycles. The van der Waals surface area contributed by atoms with Crippen molar-refractivity contribution in [1.29, 1.82) is 0 Å². The van der Waals surface area contributed by atoms with Gasteiger partial charge in [-0.25, -0.2) is 0 Å². The number of benzene rings is 3. The second-order valence-corrected chi connectivity index (χ2v) is 21.7. The number of piperidine rings is 1. The van der Waals surface area contributed by atoms with Crippen LogP contribution in [-0.4, -0.2) is 60.5 Å². The summed E-state index contributed by atoms with van der Waals surface area (Å²) in [4.78, 5) is 28.7. The summed E-state index contributed by atoms with van der Waals surface area (Å²) in [5.74, 6) is -1.49. The number of carbonyl (C=O) groups is 2. The second kappa shape index (κ2) is 12.5. The SMILES string of the molecule is Cc1ccc(S(=O)(=O)N2C[C@@H](O[Si](C)(C)C(C)(C)C)CC([Se]c3ccccc3)(C(=O)OCc3ccccc3)C2=O)cc1. The Balaban J connectivity index is 1.82. The summed E-state index contributed by atoms with van der Waals surface area (Å²) < 4.78 is 40.7. The summed E-state index contributed by atoms with van der Waals surface area (Å²) in [6.07, 6.45) is -0.639. The molecule has 0 radical (unpaired) electrons. The molecule has 7 nitrogen and oxygen atoms in total. The van der Waals surface area contributed by atoms with Crippen molar-refractivity contribution in [2.45, 2.75) is 74.2 Å². The van der Waals surface area contributed by atoms with E-state index >= 15 is 0 Å². The van der Waals surface area contributed by atoms with Gasteiger partial charge in [-0.15, -0.1) is 0 Å². The summed E-state index contributed by atoms with van der Waals surface area (Å²) in [5, 5.41) is -0.170. The van der Waals surface area contributed by atoms with Gasteiger partial charge < -0.3 is 0 Å². The van der Waals surface area contributed by atoms with Gasteiger partial charge in [0.25, 0.3) is 0 Å². The Kier molecular flexibility index (Phi) is 9.55. The van der Waals surface area contributed by atoms with Crippen LogP contribution in [0.5, 0.6) is 0 Å². The molecule has 1 fully saturated rings. The van der Waals surface area contributed by atoms with Crippen molar-refractivity contribution in [3.63, 3.8) is 0 Å². The van der Waals surface area contributed by atoms with Gasteiger partial charge in [0.05, 0.1) is 0 Å². The van der Waals surface area contributed by atoms with Crippen LogP contribution >= 0.6 is 0 Å². The van der Waals surface area contributed by atoms with Crippen molar-refractivity contribution in [3.8, 4) is 0 Å². The third-order valence-electron chi connectivity index (χ3n) is 7.91. The van der Waals surface area contributed by atoms with E-state index in [2.05, 4.69) is 33.9 Å².